The average Bonchev–Trinajstić information content (AvgIpc) is 2.28. The molecular formula is C12H19NO3S. The van der Waals surface area contributed by atoms with Gasteiger partial charge >= 0.3 is 0 Å². The first-order valence-corrected chi connectivity index (χ1v) is 7.06. The van der Waals surface area contributed by atoms with Crippen molar-refractivity contribution in [3.8, 4) is 5.75 Å². The molecule has 1 N–H and O–H groups in total. The predicted octanol–water partition coefficient (Wildman–Crippen LogP) is 2.08. The Morgan fingerprint density at radius 2 is 1.88 bits per heavy atom. The average molecular weight is 257 g/mol. The Kier molecular flexibility index (Phi) is 4.54. The zero-order valence-electron chi connectivity index (χ0n) is 10.6. The van der Waals surface area contributed by atoms with Crippen molar-refractivity contribution in [2.75, 3.05) is 7.11 Å². The van der Waals surface area contributed by atoms with Crippen LogP contribution in [0.3, 0.4) is 0 Å². The molecule has 0 aromatic heterocycles. The topological polar surface area (TPSA) is 55.4 Å². The van der Waals surface area contributed by atoms with Gasteiger partial charge in [-0.05, 0) is 38.5 Å². The van der Waals surface area contributed by atoms with Crippen LogP contribution in [0.25, 0.3) is 0 Å². The van der Waals surface area contributed by atoms with E-state index in [1.165, 1.54) is 0 Å². The molecule has 1 aromatic carbocycles. The summed E-state index contributed by atoms with van der Waals surface area (Å²) in [6.45, 7) is 5.12. The summed E-state index contributed by atoms with van der Waals surface area (Å²) in [5.41, 5.74) is 0.883. The first kappa shape index (κ1) is 14.0. The highest BCUT2D eigenvalue weighted by atomic mass is 32.2. The summed E-state index contributed by atoms with van der Waals surface area (Å²) >= 11 is 0. The van der Waals surface area contributed by atoms with Crippen LogP contribution in [-0.4, -0.2) is 20.8 Å². The standard InChI is InChI=1S/C12H19NO3S/c1-9(2)17(14,15)13-10(3)11-6-5-7-12(8-11)16-4/h5-10,13H,1-4H3/t10-/m0/s1. The normalized spacial score (nSPS) is 13.7. The van der Waals surface area contributed by atoms with Crippen LogP contribution in [0, 0.1) is 0 Å². The largest absolute Gasteiger partial charge is 0.497 e. The number of nitrogens with one attached hydrogen (secondary N) is 1. The van der Waals surface area contributed by atoms with Crippen molar-refractivity contribution in [3.05, 3.63) is 29.8 Å². The minimum atomic E-state index is -3.26. The maximum absolute atomic E-state index is 11.7. The van der Waals surface area contributed by atoms with Crippen LogP contribution in [0.4, 0.5) is 0 Å². The van der Waals surface area contributed by atoms with Crippen molar-refractivity contribution >= 4 is 10.0 Å². The molecule has 4 nitrogen and oxygen atoms in total. The summed E-state index contributed by atoms with van der Waals surface area (Å²) in [6.07, 6.45) is 0. The molecule has 0 saturated heterocycles. The SMILES string of the molecule is COc1cccc([C@H](C)NS(=O)(=O)C(C)C)c1. The summed E-state index contributed by atoms with van der Waals surface area (Å²) in [6, 6.07) is 7.10. The number of ether oxygens (including phenoxy) is 1. The van der Waals surface area contributed by atoms with Crippen LogP contribution in [0.5, 0.6) is 5.75 Å². The third-order valence-electron chi connectivity index (χ3n) is 2.56. The second-order valence-electron chi connectivity index (χ2n) is 4.21. The molecule has 1 atom stereocenters. The van der Waals surface area contributed by atoms with Gasteiger partial charge in [-0.2, -0.15) is 0 Å². The molecule has 0 heterocycles. The molecule has 0 aliphatic rings. The van der Waals surface area contributed by atoms with Gasteiger partial charge in [-0.3, -0.25) is 0 Å². The number of rotatable bonds is 5. The van der Waals surface area contributed by atoms with Gasteiger partial charge < -0.3 is 4.74 Å². The van der Waals surface area contributed by atoms with E-state index in [-0.39, 0.29) is 6.04 Å². The maximum Gasteiger partial charge on any atom is 0.214 e. The molecule has 0 amide bonds. The van der Waals surface area contributed by atoms with Crippen molar-refractivity contribution in [1.29, 1.82) is 0 Å². The van der Waals surface area contributed by atoms with Crippen LogP contribution in [0.1, 0.15) is 32.4 Å². The fraction of sp³-hybridized carbons (Fsp3) is 0.500. The highest BCUT2D eigenvalue weighted by molar-refractivity contribution is 7.90. The minimum absolute atomic E-state index is 0.266. The summed E-state index contributed by atoms with van der Waals surface area (Å²) in [5, 5.41) is -0.435. The van der Waals surface area contributed by atoms with E-state index in [4.69, 9.17) is 4.74 Å². The molecule has 0 unspecified atom stereocenters. The number of sulfonamides is 1. The third kappa shape index (κ3) is 3.71. The Balaban J connectivity index is 2.86. The Labute approximate surface area is 103 Å². The quantitative estimate of drug-likeness (QED) is 0.878. The van der Waals surface area contributed by atoms with Crippen LogP contribution < -0.4 is 9.46 Å². The van der Waals surface area contributed by atoms with Gasteiger partial charge in [0.15, 0.2) is 0 Å². The Morgan fingerprint density at radius 1 is 1.24 bits per heavy atom. The molecule has 1 aromatic rings. The summed E-state index contributed by atoms with van der Waals surface area (Å²) in [5.74, 6) is 0.720. The Bertz CT molecular complexity index is 468. The maximum atomic E-state index is 11.7. The molecule has 5 heteroatoms. The van der Waals surface area contributed by atoms with Crippen molar-refractivity contribution in [2.45, 2.75) is 32.1 Å². The summed E-state index contributed by atoms with van der Waals surface area (Å²) in [4.78, 5) is 0. The van der Waals surface area contributed by atoms with Crippen LogP contribution in [-0.2, 0) is 10.0 Å². The molecule has 0 saturated carbocycles. The Hall–Kier alpha value is -1.07. The number of hydrogen-bond donors (Lipinski definition) is 1. The molecule has 0 aliphatic carbocycles. The van der Waals surface area contributed by atoms with Gasteiger partial charge in [0.1, 0.15) is 5.75 Å². The lowest BCUT2D eigenvalue weighted by molar-refractivity contribution is 0.413. The van der Waals surface area contributed by atoms with E-state index in [0.29, 0.717) is 0 Å². The predicted molar refractivity (Wildman–Crippen MR) is 68.6 cm³/mol. The van der Waals surface area contributed by atoms with E-state index in [1.54, 1.807) is 21.0 Å². The lowest BCUT2D eigenvalue weighted by Crippen LogP contribution is -2.32. The fourth-order valence-corrected chi connectivity index (χ4v) is 2.26. The van der Waals surface area contributed by atoms with E-state index < -0.39 is 15.3 Å². The highest BCUT2D eigenvalue weighted by Gasteiger charge is 2.19. The zero-order valence-corrected chi connectivity index (χ0v) is 11.4. The molecule has 1 rings (SSSR count). The molecule has 0 spiro atoms. The first-order valence-electron chi connectivity index (χ1n) is 5.52. The molecular weight excluding hydrogens is 238 g/mol. The summed E-state index contributed by atoms with van der Waals surface area (Å²) < 4.78 is 31.2. The van der Waals surface area contributed by atoms with Crippen molar-refractivity contribution in [2.24, 2.45) is 0 Å². The lowest BCUT2D eigenvalue weighted by Gasteiger charge is -2.17. The van der Waals surface area contributed by atoms with Gasteiger partial charge in [0.05, 0.1) is 12.4 Å². The van der Waals surface area contributed by atoms with Gasteiger partial charge in [0.25, 0.3) is 0 Å². The minimum Gasteiger partial charge on any atom is -0.497 e. The lowest BCUT2D eigenvalue weighted by atomic mass is 10.1. The smallest absolute Gasteiger partial charge is 0.214 e. The van der Waals surface area contributed by atoms with Gasteiger partial charge in [-0.15, -0.1) is 0 Å². The number of methoxy groups -OCH3 is 1. The highest BCUT2D eigenvalue weighted by Crippen LogP contribution is 2.19. The van der Waals surface area contributed by atoms with Gasteiger partial charge in [0.2, 0.25) is 10.0 Å². The van der Waals surface area contributed by atoms with E-state index in [0.717, 1.165) is 11.3 Å². The number of hydrogen-bond acceptors (Lipinski definition) is 3. The molecule has 0 fully saturated rings. The van der Waals surface area contributed by atoms with Crippen LogP contribution in [0.15, 0.2) is 24.3 Å². The van der Waals surface area contributed by atoms with E-state index >= 15 is 0 Å². The van der Waals surface area contributed by atoms with Crippen molar-refractivity contribution in [3.63, 3.8) is 0 Å². The molecule has 17 heavy (non-hydrogen) atoms. The van der Waals surface area contributed by atoms with E-state index in [2.05, 4.69) is 4.72 Å². The van der Waals surface area contributed by atoms with Crippen LogP contribution in [0.2, 0.25) is 0 Å². The van der Waals surface area contributed by atoms with Crippen LogP contribution >= 0.6 is 0 Å². The van der Waals surface area contributed by atoms with Gasteiger partial charge in [0, 0.05) is 6.04 Å². The van der Waals surface area contributed by atoms with Crippen molar-refractivity contribution < 1.29 is 13.2 Å². The fourth-order valence-electron chi connectivity index (χ4n) is 1.36. The zero-order chi connectivity index (χ0) is 13.1. The molecule has 0 aliphatic heterocycles. The molecule has 96 valence electrons. The first-order chi connectivity index (χ1) is 7.86. The molecule has 0 bridgehead atoms. The third-order valence-corrected chi connectivity index (χ3v) is 4.48. The van der Waals surface area contributed by atoms with Gasteiger partial charge in [-0.1, -0.05) is 12.1 Å². The summed E-state index contributed by atoms with van der Waals surface area (Å²) in [7, 11) is -1.67. The monoisotopic (exact) mass is 257 g/mol. The van der Waals surface area contributed by atoms with E-state index in [9.17, 15) is 8.42 Å². The second-order valence-corrected chi connectivity index (χ2v) is 6.48. The second kappa shape index (κ2) is 5.51. The Morgan fingerprint density at radius 3 is 2.41 bits per heavy atom. The van der Waals surface area contributed by atoms with E-state index in [1.807, 2.05) is 31.2 Å². The molecule has 0 radical (unpaired) electrons. The van der Waals surface area contributed by atoms with Crippen molar-refractivity contribution in [1.82, 2.24) is 4.72 Å². The van der Waals surface area contributed by atoms with Gasteiger partial charge in [-0.25, -0.2) is 13.1 Å². The number of benzene rings is 1.